The van der Waals surface area contributed by atoms with Gasteiger partial charge in [-0.15, -0.1) is 22.7 Å². The molecule has 3 heteroatoms. The quantitative estimate of drug-likeness (QED) is 0.164. The molecular weight excluding hydrogens is 703 g/mol. The summed E-state index contributed by atoms with van der Waals surface area (Å²) >= 11 is 3.75. The van der Waals surface area contributed by atoms with Gasteiger partial charge in [-0.2, -0.15) is 0 Å². The monoisotopic (exact) mass is 735 g/mol. The molecule has 0 atom stereocenters. The molecule has 0 spiro atoms. The fraction of sp³-hybridized carbons (Fsp3) is 0. The molecule has 2 aromatic heterocycles. The average Bonchev–Trinajstić information content (AvgIpc) is 3.82. The molecule has 0 amide bonds. The fourth-order valence-electron chi connectivity index (χ4n) is 8.31. The average molecular weight is 736 g/mol. The van der Waals surface area contributed by atoms with Gasteiger partial charge >= 0.3 is 0 Å². The van der Waals surface area contributed by atoms with E-state index in [-0.39, 0.29) is 0 Å². The van der Waals surface area contributed by atoms with Crippen LogP contribution in [0.25, 0.3) is 84.5 Å². The summed E-state index contributed by atoms with van der Waals surface area (Å²) in [6.45, 7) is 0. The third-order valence-electron chi connectivity index (χ3n) is 10.9. The zero-order valence-electron chi connectivity index (χ0n) is 29.8. The van der Waals surface area contributed by atoms with E-state index in [1.807, 2.05) is 22.7 Å². The van der Waals surface area contributed by atoms with E-state index in [2.05, 4.69) is 205 Å². The summed E-state index contributed by atoms with van der Waals surface area (Å²) in [5.74, 6) is 0. The summed E-state index contributed by atoms with van der Waals surface area (Å²) in [6, 6.07) is 73.3. The molecule has 11 rings (SSSR count). The number of thiophene rings is 2. The van der Waals surface area contributed by atoms with Gasteiger partial charge in [-0.25, -0.2) is 0 Å². The van der Waals surface area contributed by atoms with Gasteiger partial charge in [0, 0.05) is 57.4 Å². The number of anilines is 3. The summed E-state index contributed by atoms with van der Waals surface area (Å²) < 4.78 is 5.29. The second kappa shape index (κ2) is 13.1. The second-order valence-electron chi connectivity index (χ2n) is 14.1. The van der Waals surface area contributed by atoms with Gasteiger partial charge in [0.1, 0.15) is 0 Å². The van der Waals surface area contributed by atoms with Crippen LogP contribution in [0.1, 0.15) is 0 Å². The molecule has 0 unspecified atom stereocenters. The number of fused-ring (bicyclic) bond motifs is 7. The molecule has 0 aliphatic rings. The zero-order valence-corrected chi connectivity index (χ0v) is 31.4. The third kappa shape index (κ3) is 5.43. The molecule has 0 aliphatic heterocycles. The lowest BCUT2D eigenvalue weighted by Gasteiger charge is -2.26. The van der Waals surface area contributed by atoms with E-state index in [1.165, 1.54) is 84.5 Å². The van der Waals surface area contributed by atoms with Gasteiger partial charge in [-0.05, 0) is 105 Å². The van der Waals surface area contributed by atoms with Crippen molar-refractivity contribution in [1.29, 1.82) is 0 Å². The highest BCUT2D eigenvalue weighted by molar-refractivity contribution is 7.26. The van der Waals surface area contributed by atoms with Gasteiger partial charge in [0.25, 0.3) is 0 Å². The highest BCUT2D eigenvalue weighted by Gasteiger charge is 2.18. The maximum Gasteiger partial charge on any atom is 0.0462 e. The summed E-state index contributed by atoms with van der Waals surface area (Å²) in [4.78, 5) is 2.38. The van der Waals surface area contributed by atoms with Crippen molar-refractivity contribution in [2.45, 2.75) is 0 Å². The first kappa shape index (κ1) is 32.0. The van der Waals surface area contributed by atoms with Crippen LogP contribution in [0.3, 0.4) is 0 Å². The Bertz CT molecular complexity index is 3170. The minimum absolute atomic E-state index is 1.11. The highest BCUT2D eigenvalue weighted by Crippen LogP contribution is 2.46. The molecule has 0 fully saturated rings. The molecule has 55 heavy (non-hydrogen) atoms. The Labute approximate surface area is 327 Å². The van der Waals surface area contributed by atoms with Crippen LogP contribution in [0.4, 0.5) is 17.1 Å². The fourth-order valence-corrected chi connectivity index (χ4v) is 10.6. The normalized spacial score (nSPS) is 11.6. The van der Waals surface area contributed by atoms with Crippen LogP contribution in [-0.2, 0) is 0 Å². The predicted molar refractivity (Wildman–Crippen MR) is 241 cm³/mol. The van der Waals surface area contributed by atoms with Crippen molar-refractivity contribution in [1.82, 2.24) is 0 Å². The van der Waals surface area contributed by atoms with Gasteiger partial charge in [-0.3, -0.25) is 0 Å². The van der Waals surface area contributed by atoms with Crippen LogP contribution in [0.2, 0.25) is 0 Å². The minimum atomic E-state index is 1.11. The molecule has 0 saturated carbocycles. The SMILES string of the molecule is c1ccc(-c2ccc(N(c3ccc(-c4cccc5sc6ccccc6c45)cc3)c3ccc(-c4c5ccccc5cc5sc6ccccc6c45)cc3)cc2)cc1. The number of hydrogen-bond donors (Lipinski definition) is 0. The second-order valence-corrected chi connectivity index (χ2v) is 16.2. The largest absolute Gasteiger partial charge is 0.311 e. The van der Waals surface area contributed by atoms with Crippen molar-refractivity contribution >= 4 is 90.9 Å². The van der Waals surface area contributed by atoms with Crippen LogP contribution >= 0.6 is 22.7 Å². The van der Waals surface area contributed by atoms with E-state index in [4.69, 9.17) is 0 Å². The van der Waals surface area contributed by atoms with Crippen molar-refractivity contribution in [3.05, 3.63) is 200 Å². The maximum atomic E-state index is 2.38. The molecule has 0 aliphatic carbocycles. The van der Waals surface area contributed by atoms with E-state index < -0.39 is 0 Å². The standard InChI is InChI=1S/C52H33NS2/c1-2-11-34(12-3-1)35-21-27-39(28-22-35)53(40-29-23-36(24-30-40)42-17-10-20-48-51(42)44-15-6-8-18-46(44)54-48)41-31-25-37(26-32-41)50-43-14-5-4-13-38(43)33-49-52(50)45-16-7-9-19-47(45)55-49/h1-33H. The van der Waals surface area contributed by atoms with E-state index in [0.717, 1.165) is 17.1 Å². The van der Waals surface area contributed by atoms with Crippen LogP contribution in [0.5, 0.6) is 0 Å². The summed E-state index contributed by atoms with van der Waals surface area (Å²) in [5, 5.41) is 7.86. The van der Waals surface area contributed by atoms with Gasteiger partial charge in [0.2, 0.25) is 0 Å². The Balaban J connectivity index is 1.04. The first-order valence-corrected chi connectivity index (χ1v) is 20.3. The first-order valence-electron chi connectivity index (χ1n) is 18.7. The van der Waals surface area contributed by atoms with Crippen molar-refractivity contribution in [2.75, 3.05) is 4.90 Å². The number of nitrogens with zero attached hydrogens (tertiary/aromatic N) is 1. The Morgan fingerprint density at radius 1 is 0.309 bits per heavy atom. The molecule has 0 saturated heterocycles. The van der Waals surface area contributed by atoms with Crippen LogP contribution in [-0.4, -0.2) is 0 Å². The molecule has 0 bridgehead atoms. The maximum absolute atomic E-state index is 2.38. The molecule has 0 N–H and O–H groups in total. The summed E-state index contributed by atoms with van der Waals surface area (Å²) in [7, 11) is 0. The Hall–Kier alpha value is -6.52. The van der Waals surface area contributed by atoms with Crippen LogP contribution < -0.4 is 4.90 Å². The summed E-state index contributed by atoms with van der Waals surface area (Å²) in [6.07, 6.45) is 0. The molecule has 2 heterocycles. The lowest BCUT2D eigenvalue weighted by Crippen LogP contribution is -2.09. The predicted octanol–water partition coefficient (Wildman–Crippen LogP) is 16.0. The molecule has 258 valence electrons. The number of rotatable bonds is 6. The lowest BCUT2D eigenvalue weighted by molar-refractivity contribution is 1.28. The van der Waals surface area contributed by atoms with Gasteiger partial charge in [0.05, 0.1) is 0 Å². The smallest absolute Gasteiger partial charge is 0.0462 e. The lowest BCUT2D eigenvalue weighted by atomic mass is 9.93. The van der Waals surface area contributed by atoms with E-state index in [0.29, 0.717) is 0 Å². The van der Waals surface area contributed by atoms with Gasteiger partial charge in [-0.1, -0.05) is 140 Å². The Morgan fingerprint density at radius 3 is 1.47 bits per heavy atom. The van der Waals surface area contributed by atoms with E-state index >= 15 is 0 Å². The zero-order chi connectivity index (χ0) is 36.3. The van der Waals surface area contributed by atoms with Crippen molar-refractivity contribution in [3.8, 4) is 33.4 Å². The first-order chi connectivity index (χ1) is 27.3. The molecule has 1 nitrogen and oxygen atoms in total. The Morgan fingerprint density at radius 2 is 0.800 bits per heavy atom. The molecular formula is C52H33NS2. The van der Waals surface area contributed by atoms with Crippen LogP contribution in [0, 0.1) is 0 Å². The van der Waals surface area contributed by atoms with E-state index in [9.17, 15) is 0 Å². The number of benzene rings is 9. The topological polar surface area (TPSA) is 3.24 Å². The highest BCUT2D eigenvalue weighted by atomic mass is 32.1. The van der Waals surface area contributed by atoms with E-state index in [1.54, 1.807) is 0 Å². The third-order valence-corrected chi connectivity index (χ3v) is 13.1. The number of hydrogen-bond acceptors (Lipinski definition) is 3. The Kier molecular flexibility index (Phi) is 7.61. The minimum Gasteiger partial charge on any atom is -0.311 e. The summed E-state index contributed by atoms with van der Waals surface area (Å²) in [5.41, 5.74) is 10.8. The van der Waals surface area contributed by atoms with Crippen molar-refractivity contribution < 1.29 is 0 Å². The molecule has 0 radical (unpaired) electrons. The molecule has 11 aromatic rings. The molecule has 9 aromatic carbocycles. The van der Waals surface area contributed by atoms with Crippen molar-refractivity contribution in [2.24, 2.45) is 0 Å². The van der Waals surface area contributed by atoms with Crippen LogP contribution in [0.15, 0.2) is 200 Å². The van der Waals surface area contributed by atoms with Gasteiger partial charge in [0.15, 0.2) is 0 Å². The van der Waals surface area contributed by atoms with Gasteiger partial charge < -0.3 is 4.90 Å². The van der Waals surface area contributed by atoms with Crippen molar-refractivity contribution in [3.63, 3.8) is 0 Å².